The minimum atomic E-state index is 0.508. The molecule has 0 aliphatic heterocycles. The van der Waals surface area contributed by atoms with Crippen LogP contribution in [0.2, 0.25) is 0 Å². The third-order valence-corrected chi connectivity index (χ3v) is 2.74. The molecule has 94 valence electrons. The first-order valence-corrected chi connectivity index (χ1v) is 6.21. The Morgan fingerprint density at radius 1 is 0.700 bits per heavy atom. The Morgan fingerprint density at radius 3 is 2.20 bits per heavy atom. The Balaban J connectivity index is 1.83. The van der Waals surface area contributed by atoms with Crippen molar-refractivity contribution in [1.29, 1.82) is 0 Å². The molecule has 0 saturated carbocycles. The highest BCUT2D eigenvalue weighted by Gasteiger charge is 1.97. The molecule has 1 aromatic carbocycles. The Labute approximate surface area is 117 Å². The molecule has 0 atom stereocenters. The van der Waals surface area contributed by atoms with Crippen molar-refractivity contribution in [2.45, 2.75) is 0 Å². The van der Waals surface area contributed by atoms with Gasteiger partial charge in [-0.15, -0.1) is 0 Å². The molecule has 0 spiro atoms. The lowest BCUT2D eigenvalue weighted by Gasteiger charge is -1.99. The molecule has 0 fully saturated rings. The maximum Gasteiger partial charge on any atom is 0.205 e. The van der Waals surface area contributed by atoms with Crippen LogP contribution in [0.4, 0.5) is 0 Å². The average Bonchev–Trinajstić information content (AvgIpc) is 2.55. The van der Waals surface area contributed by atoms with Gasteiger partial charge in [0.25, 0.3) is 0 Å². The summed E-state index contributed by atoms with van der Waals surface area (Å²) in [5.74, 6) is 6.42. The standard InChI is InChI=1S/C17H11N3/c1-2-6-15(7-3-1)16-12-19-17(20-13-16)9-8-14-5-4-10-18-11-14/h1-7,10-13H. The predicted octanol–water partition coefficient (Wildman–Crippen LogP) is 2.94. The summed E-state index contributed by atoms with van der Waals surface area (Å²) >= 11 is 0. The first-order valence-electron chi connectivity index (χ1n) is 6.21. The van der Waals surface area contributed by atoms with E-state index in [1.165, 1.54) is 0 Å². The van der Waals surface area contributed by atoms with E-state index in [0.29, 0.717) is 5.82 Å². The highest BCUT2D eigenvalue weighted by molar-refractivity contribution is 5.61. The molecule has 0 aliphatic rings. The fourth-order valence-corrected chi connectivity index (χ4v) is 1.74. The SMILES string of the molecule is C(#Cc1ncc(-c2ccccc2)cn1)c1cccnc1. The summed E-state index contributed by atoms with van der Waals surface area (Å²) in [6.07, 6.45) is 7.01. The summed E-state index contributed by atoms with van der Waals surface area (Å²) in [4.78, 5) is 12.5. The van der Waals surface area contributed by atoms with Crippen LogP contribution in [0.5, 0.6) is 0 Å². The number of rotatable bonds is 1. The number of pyridine rings is 1. The molecule has 3 heteroatoms. The third kappa shape index (κ3) is 2.88. The highest BCUT2D eigenvalue weighted by Crippen LogP contribution is 2.15. The molecule has 2 aromatic heterocycles. The van der Waals surface area contributed by atoms with E-state index >= 15 is 0 Å². The summed E-state index contributed by atoms with van der Waals surface area (Å²) in [7, 11) is 0. The van der Waals surface area contributed by atoms with Crippen molar-refractivity contribution < 1.29 is 0 Å². The van der Waals surface area contributed by atoms with Crippen molar-refractivity contribution in [1.82, 2.24) is 15.0 Å². The lowest BCUT2D eigenvalue weighted by Crippen LogP contribution is -1.89. The quantitative estimate of drug-likeness (QED) is 0.629. The predicted molar refractivity (Wildman–Crippen MR) is 77.7 cm³/mol. The molecule has 0 unspecified atom stereocenters. The van der Waals surface area contributed by atoms with Crippen molar-refractivity contribution in [3.8, 4) is 23.0 Å². The van der Waals surface area contributed by atoms with Crippen molar-refractivity contribution in [3.63, 3.8) is 0 Å². The van der Waals surface area contributed by atoms with E-state index in [0.717, 1.165) is 16.7 Å². The van der Waals surface area contributed by atoms with E-state index in [-0.39, 0.29) is 0 Å². The van der Waals surface area contributed by atoms with Crippen LogP contribution in [0.3, 0.4) is 0 Å². The van der Waals surface area contributed by atoms with Crippen LogP contribution in [-0.2, 0) is 0 Å². The summed E-state index contributed by atoms with van der Waals surface area (Å²) in [6.45, 7) is 0. The van der Waals surface area contributed by atoms with Crippen LogP contribution >= 0.6 is 0 Å². The number of benzene rings is 1. The largest absolute Gasteiger partial charge is 0.263 e. The van der Waals surface area contributed by atoms with Crippen molar-refractivity contribution in [2.75, 3.05) is 0 Å². The fourth-order valence-electron chi connectivity index (χ4n) is 1.74. The fraction of sp³-hybridized carbons (Fsp3) is 0. The molecule has 0 N–H and O–H groups in total. The molecule has 0 aliphatic carbocycles. The van der Waals surface area contributed by atoms with Gasteiger partial charge >= 0.3 is 0 Å². The van der Waals surface area contributed by atoms with Gasteiger partial charge in [-0.25, -0.2) is 9.97 Å². The molecule has 0 saturated heterocycles. The van der Waals surface area contributed by atoms with Crippen LogP contribution in [0.1, 0.15) is 11.4 Å². The summed E-state index contributed by atoms with van der Waals surface area (Å²) in [5, 5.41) is 0. The van der Waals surface area contributed by atoms with E-state index in [9.17, 15) is 0 Å². The number of hydrogen-bond donors (Lipinski definition) is 0. The monoisotopic (exact) mass is 257 g/mol. The number of hydrogen-bond acceptors (Lipinski definition) is 3. The zero-order valence-corrected chi connectivity index (χ0v) is 10.7. The zero-order chi connectivity index (χ0) is 13.6. The minimum absolute atomic E-state index is 0.508. The van der Waals surface area contributed by atoms with E-state index < -0.39 is 0 Å². The van der Waals surface area contributed by atoms with Gasteiger partial charge < -0.3 is 0 Å². The molecule has 0 amide bonds. The lowest BCUT2D eigenvalue weighted by molar-refractivity contribution is 1.13. The van der Waals surface area contributed by atoms with E-state index in [2.05, 4.69) is 26.8 Å². The molecule has 0 bridgehead atoms. The van der Waals surface area contributed by atoms with Gasteiger partial charge in [-0.2, -0.15) is 0 Å². The van der Waals surface area contributed by atoms with Gasteiger partial charge in [0.05, 0.1) is 0 Å². The summed E-state index contributed by atoms with van der Waals surface area (Å²) in [5.41, 5.74) is 2.93. The normalized spacial score (nSPS) is 9.60. The maximum atomic E-state index is 4.27. The van der Waals surface area contributed by atoms with Gasteiger partial charge in [0.15, 0.2) is 0 Å². The van der Waals surface area contributed by atoms with Gasteiger partial charge in [-0.05, 0) is 23.6 Å². The molecule has 3 aromatic rings. The molecule has 2 heterocycles. The smallest absolute Gasteiger partial charge is 0.205 e. The first kappa shape index (κ1) is 12.1. The lowest BCUT2D eigenvalue weighted by atomic mass is 10.1. The van der Waals surface area contributed by atoms with Crippen molar-refractivity contribution >= 4 is 0 Å². The van der Waals surface area contributed by atoms with E-state index in [1.54, 1.807) is 24.8 Å². The van der Waals surface area contributed by atoms with Gasteiger partial charge in [0.2, 0.25) is 5.82 Å². The van der Waals surface area contributed by atoms with E-state index in [4.69, 9.17) is 0 Å². The van der Waals surface area contributed by atoms with E-state index in [1.807, 2.05) is 42.5 Å². The molecule has 20 heavy (non-hydrogen) atoms. The van der Waals surface area contributed by atoms with Crippen LogP contribution < -0.4 is 0 Å². The van der Waals surface area contributed by atoms with Crippen LogP contribution in [-0.4, -0.2) is 15.0 Å². The van der Waals surface area contributed by atoms with Gasteiger partial charge in [-0.1, -0.05) is 36.3 Å². The minimum Gasteiger partial charge on any atom is -0.263 e. The highest BCUT2D eigenvalue weighted by atomic mass is 14.8. The van der Waals surface area contributed by atoms with Gasteiger partial charge in [-0.3, -0.25) is 4.98 Å². The molecule has 0 radical (unpaired) electrons. The second-order valence-electron chi connectivity index (χ2n) is 4.15. The Hall–Kier alpha value is -2.99. The Morgan fingerprint density at radius 2 is 1.50 bits per heavy atom. The second kappa shape index (κ2) is 5.77. The maximum absolute atomic E-state index is 4.27. The van der Waals surface area contributed by atoms with Crippen LogP contribution in [0.15, 0.2) is 67.3 Å². The molecular formula is C17H11N3. The Kier molecular flexibility index (Phi) is 3.48. The van der Waals surface area contributed by atoms with Crippen LogP contribution in [0, 0.1) is 11.8 Å². The van der Waals surface area contributed by atoms with Crippen LogP contribution in [0.25, 0.3) is 11.1 Å². The van der Waals surface area contributed by atoms with Gasteiger partial charge in [0, 0.05) is 35.9 Å². The summed E-state index contributed by atoms with van der Waals surface area (Å²) in [6, 6.07) is 13.8. The molecule has 3 nitrogen and oxygen atoms in total. The Bertz CT molecular complexity index is 739. The first-order chi connectivity index (χ1) is 9.92. The van der Waals surface area contributed by atoms with Gasteiger partial charge in [0.1, 0.15) is 0 Å². The molecule has 3 rings (SSSR count). The second-order valence-corrected chi connectivity index (χ2v) is 4.15. The molecular weight excluding hydrogens is 246 g/mol. The number of aromatic nitrogens is 3. The number of nitrogens with zero attached hydrogens (tertiary/aromatic N) is 3. The zero-order valence-electron chi connectivity index (χ0n) is 10.7. The average molecular weight is 257 g/mol. The topological polar surface area (TPSA) is 38.7 Å². The van der Waals surface area contributed by atoms with Crippen molar-refractivity contribution in [3.05, 3.63) is 78.6 Å². The summed E-state index contributed by atoms with van der Waals surface area (Å²) < 4.78 is 0. The van der Waals surface area contributed by atoms with Crippen molar-refractivity contribution in [2.24, 2.45) is 0 Å². The third-order valence-electron chi connectivity index (χ3n) is 2.74.